The molecule has 0 fully saturated rings. The van der Waals surface area contributed by atoms with Crippen molar-refractivity contribution in [2.75, 3.05) is 18.4 Å². The molecule has 1 unspecified atom stereocenters. The Kier molecular flexibility index (Phi) is 3.65. The van der Waals surface area contributed by atoms with Crippen molar-refractivity contribution in [3.8, 4) is 0 Å². The maximum absolute atomic E-state index is 6.32. The molecule has 2 nitrogen and oxygen atoms in total. The lowest BCUT2D eigenvalue weighted by Crippen LogP contribution is -2.24. The van der Waals surface area contributed by atoms with Gasteiger partial charge in [-0.2, -0.15) is 0 Å². The molecule has 2 N–H and O–H groups in total. The Labute approximate surface area is 122 Å². The summed E-state index contributed by atoms with van der Waals surface area (Å²) in [6, 6.07) is 13.9. The van der Waals surface area contributed by atoms with Gasteiger partial charge in [-0.15, -0.1) is 0 Å². The van der Waals surface area contributed by atoms with E-state index in [-0.39, 0.29) is 6.04 Å². The van der Waals surface area contributed by atoms with Crippen LogP contribution >= 0.6 is 23.2 Å². The Morgan fingerprint density at radius 2 is 1.79 bits per heavy atom. The molecule has 1 heterocycles. The number of nitrogens with one attached hydrogen (secondary N) is 2. The van der Waals surface area contributed by atoms with Crippen LogP contribution < -0.4 is 10.6 Å². The number of hydrogen-bond donors (Lipinski definition) is 2. The minimum Gasteiger partial charge on any atom is -0.383 e. The number of benzene rings is 2. The highest BCUT2D eigenvalue weighted by Gasteiger charge is 2.21. The monoisotopic (exact) mass is 292 g/mol. The van der Waals surface area contributed by atoms with Crippen LogP contribution in [0.25, 0.3) is 0 Å². The Morgan fingerprint density at radius 1 is 0.947 bits per heavy atom. The summed E-state index contributed by atoms with van der Waals surface area (Å²) in [4.78, 5) is 0. The van der Waals surface area contributed by atoms with E-state index in [1.807, 2.05) is 36.4 Å². The van der Waals surface area contributed by atoms with E-state index in [1.165, 1.54) is 0 Å². The first-order valence-electron chi connectivity index (χ1n) is 6.27. The first-order chi connectivity index (χ1) is 9.25. The fraction of sp³-hybridized carbons (Fsp3) is 0.200. The van der Waals surface area contributed by atoms with E-state index in [1.54, 1.807) is 0 Å². The molecule has 98 valence electrons. The first kappa shape index (κ1) is 12.8. The van der Waals surface area contributed by atoms with Gasteiger partial charge < -0.3 is 10.6 Å². The number of fused-ring (bicyclic) bond motifs is 1. The van der Waals surface area contributed by atoms with Gasteiger partial charge in [0.2, 0.25) is 0 Å². The van der Waals surface area contributed by atoms with Gasteiger partial charge in [-0.05, 0) is 35.4 Å². The van der Waals surface area contributed by atoms with E-state index in [0.29, 0.717) is 0 Å². The predicted octanol–water partition coefficient (Wildman–Crippen LogP) is 4.10. The van der Waals surface area contributed by atoms with Crippen LogP contribution in [0.3, 0.4) is 0 Å². The summed E-state index contributed by atoms with van der Waals surface area (Å²) >= 11 is 12.5. The highest BCUT2D eigenvalue weighted by Crippen LogP contribution is 2.34. The van der Waals surface area contributed by atoms with Crippen molar-refractivity contribution in [2.24, 2.45) is 0 Å². The molecule has 2 aromatic rings. The average molecular weight is 293 g/mol. The van der Waals surface area contributed by atoms with Crippen LogP contribution in [-0.4, -0.2) is 13.1 Å². The lowest BCUT2D eigenvalue weighted by atomic mass is 9.97. The van der Waals surface area contributed by atoms with Crippen LogP contribution in [-0.2, 0) is 0 Å². The molecule has 0 spiro atoms. The van der Waals surface area contributed by atoms with Gasteiger partial charge in [-0.3, -0.25) is 0 Å². The minimum atomic E-state index is 0.0670. The van der Waals surface area contributed by atoms with Crippen LogP contribution in [0.4, 0.5) is 5.69 Å². The van der Waals surface area contributed by atoms with E-state index in [9.17, 15) is 0 Å². The number of anilines is 1. The lowest BCUT2D eigenvalue weighted by Gasteiger charge is -2.20. The zero-order chi connectivity index (χ0) is 13.2. The van der Waals surface area contributed by atoms with Gasteiger partial charge >= 0.3 is 0 Å². The van der Waals surface area contributed by atoms with Gasteiger partial charge in [0.25, 0.3) is 0 Å². The van der Waals surface area contributed by atoms with Gasteiger partial charge in [0.05, 0.1) is 6.04 Å². The summed E-state index contributed by atoms with van der Waals surface area (Å²) in [5, 5.41) is 8.43. The van der Waals surface area contributed by atoms with Crippen LogP contribution in [0.2, 0.25) is 10.0 Å². The standard InChI is InChI=1S/C15H14Cl2N2/c16-10-5-6-14-12(9-10)15(19-8-7-18-14)11-3-1-2-4-13(11)17/h1-6,9,15,18-19H,7-8H2. The molecular weight excluding hydrogens is 279 g/mol. The quantitative estimate of drug-likeness (QED) is 0.827. The van der Waals surface area contributed by atoms with Crippen LogP contribution in [0, 0.1) is 0 Å². The van der Waals surface area contributed by atoms with Gasteiger partial charge in [0.1, 0.15) is 0 Å². The topological polar surface area (TPSA) is 24.1 Å². The highest BCUT2D eigenvalue weighted by molar-refractivity contribution is 6.31. The summed E-state index contributed by atoms with van der Waals surface area (Å²) in [5.41, 5.74) is 3.33. The van der Waals surface area contributed by atoms with E-state index < -0.39 is 0 Å². The Morgan fingerprint density at radius 3 is 2.63 bits per heavy atom. The summed E-state index contributed by atoms with van der Waals surface area (Å²) in [6.07, 6.45) is 0. The minimum absolute atomic E-state index is 0.0670. The lowest BCUT2D eigenvalue weighted by molar-refractivity contribution is 0.634. The largest absolute Gasteiger partial charge is 0.383 e. The van der Waals surface area contributed by atoms with Crippen molar-refractivity contribution < 1.29 is 0 Å². The predicted molar refractivity (Wildman–Crippen MR) is 81.2 cm³/mol. The van der Waals surface area contributed by atoms with Gasteiger partial charge in [0.15, 0.2) is 0 Å². The summed E-state index contributed by atoms with van der Waals surface area (Å²) < 4.78 is 0. The Balaban J connectivity index is 2.12. The zero-order valence-corrected chi connectivity index (χ0v) is 11.8. The maximum atomic E-state index is 6.32. The zero-order valence-electron chi connectivity index (χ0n) is 10.3. The normalized spacial score (nSPS) is 18.3. The molecule has 1 aliphatic heterocycles. The molecule has 1 aliphatic rings. The molecule has 0 aliphatic carbocycles. The van der Waals surface area contributed by atoms with Gasteiger partial charge in [-0.1, -0.05) is 41.4 Å². The first-order valence-corrected chi connectivity index (χ1v) is 7.02. The second-order valence-electron chi connectivity index (χ2n) is 4.57. The average Bonchev–Trinajstić information content (AvgIpc) is 2.61. The van der Waals surface area contributed by atoms with Gasteiger partial charge in [-0.25, -0.2) is 0 Å². The third-order valence-electron chi connectivity index (χ3n) is 3.33. The summed E-state index contributed by atoms with van der Waals surface area (Å²) in [7, 11) is 0. The fourth-order valence-electron chi connectivity index (χ4n) is 2.44. The molecule has 0 amide bonds. The number of hydrogen-bond acceptors (Lipinski definition) is 2. The molecule has 0 radical (unpaired) electrons. The highest BCUT2D eigenvalue weighted by atomic mass is 35.5. The van der Waals surface area contributed by atoms with Crippen LogP contribution in [0.1, 0.15) is 17.2 Å². The summed E-state index contributed by atoms with van der Waals surface area (Å²) in [6.45, 7) is 1.76. The van der Waals surface area contributed by atoms with E-state index in [2.05, 4.69) is 16.7 Å². The second kappa shape index (κ2) is 5.41. The van der Waals surface area contributed by atoms with E-state index in [0.717, 1.165) is 39.9 Å². The van der Waals surface area contributed by atoms with Crippen molar-refractivity contribution in [1.29, 1.82) is 0 Å². The number of halogens is 2. The molecule has 19 heavy (non-hydrogen) atoms. The summed E-state index contributed by atoms with van der Waals surface area (Å²) in [5.74, 6) is 0. The molecule has 0 saturated heterocycles. The van der Waals surface area contributed by atoms with Crippen LogP contribution in [0.5, 0.6) is 0 Å². The van der Waals surface area contributed by atoms with E-state index in [4.69, 9.17) is 23.2 Å². The van der Waals surface area contributed by atoms with Crippen molar-refractivity contribution in [3.05, 3.63) is 63.6 Å². The molecule has 0 saturated carbocycles. The maximum Gasteiger partial charge on any atom is 0.0613 e. The molecule has 2 aromatic carbocycles. The third-order valence-corrected chi connectivity index (χ3v) is 3.91. The number of rotatable bonds is 1. The molecule has 4 heteroatoms. The molecular formula is C15H14Cl2N2. The van der Waals surface area contributed by atoms with Gasteiger partial charge in [0, 0.05) is 28.8 Å². The molecule has 3 rings (SSSR count). The van der Waals surface area contributed by atoms with Crippen molar-refractivity contribution in [2.45, 2.75) is 6.04 Å². The van der Waals surface area contributed by atoms with Crippen LogP contribution in [0.15, 0.2) is 42.5 Å². The molecule has 0 bridgehead atoms. The van der Waals surface area contributed by atoms with Crippen molar-refractivity contribution in [3.63, 3.8) is 0 Å². The van der Waals surface area contributed by atoms with Crippen molar-refractivity contribution >= 4 is 28.9 Å². The SMILES string of the molecule is Clc1ccc2c(c1)C(c1ccccc1Cl)NCCN2. The molecule has 0 aromatic heterocycles. The fourth-order valence-corrected chi connectivity index (χ4v) is 2.87. The molecule has 1 atom stereocenters. The third kappa shape index (κ3) is 2.57. The van der Waals surface area contributed by atoms with E-state index >= 15 is 0 Å². The van der Waals surface area contributed by atoms with Crippen molar-refractivity contribution in [1.82, 2.24) is 5.32 Å². The Hall–Kier alpha value is -1.22. The smallest absolute Gasteiger partial charge is 0.0613 e. The Bertz CT molecular complexity index is 598. The second-order valence-corrected chi connectivity index (χ2v) is 5.41.